The van der Waals surface area contributed by atoms with Crippen LogP contribution in [0.1, 0.15) is 35.1 Å². The lowest BCUT2D eigenvalue weighted by Crippen LogP contribution is -2.12. The van der Waals surface area contributed by atoms with Crippen LogP contribution >= 0.6 is 34.5 Å². The number of rotatable bonds is 7. The molecule has 0 unspecified atom stereocenters. The molecule has 1 aromatic heterocycles. The molecule has 0 radical (unpaired) electrons. The van der Waals surface area contributed by atoms with Crippen LogP contribution in [-0.2, 0) is 4.79 Å². The van der Waals surface area contributed by atoms with Gasteiger partial charge in [0.15, 0.2) is 10.9 Å². The number of aromatic nitrogens is 1. The highest BCUT2D eigenvalue weighted by molar-refractivity contribution is 7.17. The minimum Gasteiger partial charge on any atom is -0.492 e. The molecule has 0 atom stereocenters. The number of ketones is 1. The number of ether oxygens (including phenoxy) is 1. The van der Waals surface area contributed by atoms with Gasteiger partial charge in [0.2, 0.25) is 5.91 Å². The lowest BCUT2D eigenvalue weighted by atomic mass is 10.3. The number of hydrogen-bond donors (Lipinski definition) is 1. The fourth-order valence-electron chi connectivity index (χ4n) is 1.97. The van der Waals surface area contributed by atoms with Crippen molar-refractivity contribution in [1.82, 2.24) is 4.98 Å². The zero-order chi connectivity index (χ0) is 17.7. The molecule has 0 aliphatic carbocycles. The zero-order valence-corrected chi connectivity index (χ0v) is 15.5. The molecule has 0 saturated heterocycles. The molecule has 0 saturated carbocycles. The third-order valence-corrected chi connectivity index (χ3v) is 4.77. The lowest BCUT2D eigenvalue weighted by molar-refractivity contribution is -0.116. The van der Waals surface area contributed by atoms with Gasteiger partial charge in [-0.2, -0.15) is 0 Å². The number of carbonyl (C=O) groups is 2. The first kappa shape index (κ1) is 18.7. The molecule has 1 N–H and O–H groups in total. The highest BCUT2D eigenvalue weighted by atomic mass is 35.5. The van der Waals surface area contributed by atoms with E-state index in [2.05, 4.69) is 10.3 Å². The van der Waals surface area contributed by atoms with Crippen LogP contribution in [0.4, 0.5) is 5.13 Å². The van der Waals surface area contributed by atoms with Crippen molar-refractivity contribution < 1.29 is 14.3 Å². The van der Waals surface area contributed by atoms with E-state index in [1.54, 1.807) is 25.1 Å². The van der Waals surface area contributed by atoms with Crippen molar-refractivity contribution >= 4 is 51.4 Å². The molecule has 1 amide bonds. The maximum atomic E-state index is 11.9. The van der Waals surface area contributed by atoms with Gasteiger partial charge in [0, 0.05) is 18.4 Å². The predicted molar refractivity (Wildman–Crippen MR) is 96.7 cm³/mol. The van der Waals surface area contributed by atoms with Crippen molar-refractivity contribution in [1.29, 1.82) is 0 Å². The van der Waals surface area contributed by atoms with Crippen molar-refractivity contribution in [3.63, 3.8) is 0 Å². The van der Waals surface area contributed by atoms with Gasteiger partial charge in [-0.05, 0) is 31.5 Å². The number of hydrogen-bond acceptors (Lipinski definition) is 5. The normalized spacial score (nSPS) is 10.5. The fraction of sp³-hybridized carbons (Fsp3) is 0.312. The second kappa shape index (κ2) is 8.46. The number of anilines is 1. The minimum absolute atomic E-state index is 0.0567. The average molecular weight is 387 g/mol. The Labute approximate surface area is 153 Å². The number of nitrogens with zero attached hydrogens (tertiary/aromatic N) is 1. The Balaban J connectivity index is 1.77. The van der Waals surface area contributed by atoms with E-state index in [0.717, 1.165) is 0 Å². The number of benzene rings is 1. The third-order valence-electron chi connectivity index (χ3n) is 3.06. The molecule has 0 aliphatic rings. The fourth-order valence-corrected chi connectivity index (χ4v) is 3.31. The SMILES string of the molecule is CC(=O)c1sc(NC(=O)CCCOc2ccc(Cl)cc2Cl)nc1C. The molecule has 128 valence electrons. The van der Waals surface area contributed by atoms with Crippen molar-refractivity contribution in [2.45, 2.75) is 26.7 Å². The number of amides is 1. The van der Waals surface area contributed by atoms with Crippen molar-refractivity contribution in [2.24, 2.45) is 0 Å². The second-order valence-electron chi connectivity index (χ2n) is 5.06. The van der Waals surface area contributed by atoms with Gasteiger partial charge in [-0.1, -0.05) is 34.5 Å². The Morgan fingerprint density at radius 1 is 1.33 bits per heavy atom. The highest BCUT2D eigenvalue weighted by Gasteiger charge is 2.13. The summed E-state index contributed by atoms with van der Waals surface area (Å²) >= 11 is 13.0. The van der Waals surface area contributed by atoms with Gasteiger partial charge in [0.05, 0.1) is 22.2 Å². The topological polar surface area (TPSA) is 68.3 Å². The van der Waals surface area contributed by atoms with E-state index in [0.29, 0.717) is 44.5 Å². The van der Waals surface area contributed by atoms with Crippen LogP contribution < -0.4 is 10.1 Å². The van der Waals surface area contributed by atoms with E-state index in [-0.39, 0.29) is 18.1 Å². The summed E-state index contributed by atoms with van der Waals surface area (Å²) in [6, 6.07) is 4.97. The molecule has 0 aliphatic heterocycles. The first-order chi connectivity index (χ1) is 11.4. The van der Waals surface area contributed by atoms with Crippen LogP contribution in [-0.4, -0.2) is 23.3 Å². The van der Waals surface area contributed by atoms with Gasteiger partial charge in [0.25, 0.3) is 0 Å². The lowest BCUT2D eigenvalue weighted by Gasteiger charge is -2.08. The molecule has 1 heterocycles. The van der Waals surface area contributed by atoms with Gasteiger partial charge in [-0.15, -0.1) is 0 Å². The maximum absolute atomic E-state index is 11.9. The summed E-state index contributed by atoms with van der Waals surface area (Å²) in [5, 5.41) is 4.10. The minimum atomic E-state index is -0.176. The summed E-state index contributed by atoms with van der Waals surface area (Å²) in [7, 11) is 0. The van der Waals surface area contributed by atoms with Gasteiger partial charge in [-0.3, -0.25) is 9.59 Å². The Bertz CT molecular complexity index is 762. The molecule has 5 nitrogen and oxygen atoms in total. The number of Topliss-reactive ketones (excluding diaryl/α,β-unsaturated/α-hetero) is 1. The van der Waals surface area contributed by atoms with E-state index >= 15 is 0 Å². The molecular formula is C16H16Cl2N2O3S. The maximum Gasteiger partial charge on any atom is 0.226 e. The molecule has 0 spiro atoms. The Kier molecular flexibility index (Phi) is 6.60. The first-order valence-corrected chi connectivity index (χ1v) is 8.80. The zero-order valence-electron chi connectivity index (χ0n) is 13.2. The Morgan fingerprint density at radius 3 is 2.71 bits per heavy atom. The van der Waals surface area contributed by atoms with E-state index in [4.69, 9.17) is 27.9 Å². The molecule has 8 heteroatoms. The number of halogens is 2. The molecule has 2 aromatic rings. The van der Waals surface area contributed by atoms with Crippen LogP contribution in [0.15, 0.2) is 18.2 Å². The van der Waals surface area contributed by atoms with Crippen LogP contribution in [0.2, 0.25) is 10.0 Å². The van der Waals surface area contributed by atoms with Gasteiger partial charge in [0.1, 0.15) is 5.75 Å². The predicted octanol–water partition coefficient (Wildman–Crippen LogP) is 4.76. The van der Waals surface area contributed by atoms with Crippen LogP contribution in [0.25, 0.3) is 0 Å². The molecular weight excluding hydrogens is 371 g/mol. The summed E-state index contributed by atoms with van der Waals surface area (Å²) in [6.07, 6.45) is 0.800. The number of aryl methyl sites for hydroxylation is 1. The standard InChI is InChI=1S/C16H16Cl2N2O3S/c1-9-15(10(2)21)24-16(19-9)20-14(22)4-3-7-23-13-6-5-11(17)8-12(13)18/h5-6,8H,3-4,7H2,1-2H3,(H,19,20,22). The van der Waals surface area contributed by atoms with Crippen molar-refractivity contribution in [3.05, 3.63) is 38.8 Å². The Hall–Kier alpha value is -1.63. The van der Waals surface area contributed by atoms with Crippen LogP contribution in [0, 0.1) is 6.92 Å². The molecule has 24 heavy (non-hydrogen) atoms. The largest absolute Gasteiger partial charge is 0.492 e. The third kappa shape index (κ3) is 5.19. The van der Waals surface area contributed by atoms with E-state index in [1.807, 2.05) is 0 Å². The van der Waals surface area contributed by atoms with E-state index in [1.165, 1.54) is 18.3 Å². The van der Waals surface area contributed by atoms with E-state index in [9.17, 15) is 9.59 Å². The molecule has 2 rings (SSSR count). The Morgan fingerprint density at radius 2 is 2.08 bits per heavy atom. The molecule has 0 bridgehead atoms. The summed E-state index contributed by atoms with van der Waals surface area (Å²) in [5.41, 5.74) is 0.628. The van der Waals surface area contributed by atoms with Gasteiger partial charge in [-0.25, -0.2) is 4.98 Å². The second-order valence-corrected chi connectivity index (χ2v) is 6.91. The van der Waals surface area contributed by atoms with E-state index < -0.39 is 0 Å². The monoisotopic (exact) mass is 386 g/mol. The summed E-state index contributed by atoms with van der Waals surface area (Å²) in [4.78, 5) is 28.0. The van der Waals surface area contributed by atoms with Gasteiger partial charge < -0.3 is 10.1 Å². The first-order valence-electron chi connectivity index (χ1n) is 7.23. The van der Waals surface area contributed by atoms with Crippen LogP contribution in [0.3, 0.4) is 0 Å². The number of carbonyl (C=O) groups excluding carboxylic acids is 2. The quantitative estimate of drug-likeness (QED) is 0.550. The summed E-state index contributed by atoms with van der Waals surface area (Å²) in [5.74, 6) is 0.298. The average Bonchev–Trinajstić information content (AvgIpc) is 2.86. The molecule has 1 aromatic carbocycles. The van der Waals surface area contributed by atoms with Crippen molar-refractivity contribution in [3.8, 4) is 5.75 Å². The number of thiazole rings is 1. The van der Waals surface area contributed by atoms with Gasteiger partial charge >= 0.3 is 0 Å². The summed E-state index contributed by atoms with van der Waals surface area (Å²) < 4.78 is 5.52. The summed E-state index contributed by atoms with van der Waals surface area (Å²) in [6.45, 7) is 3.57. The number of nitrogens with one attached hydrogen (secondary N) is 1. The van der Waals surface area contributed by atoms with Crippen molar-refractivity contribution in [2.75, 3.05) is 11.9 Å². The smallest absolute Gasteiger partial charge is 0.226 e. The molecule has 0 fully saturated rings. The highest BCUT2D eigenvalue weighted by Crippen LogP contribution is 2.27. The van der Waals surface area contributed by atoms with Crippen LogP contribution in [0.5, 0.6) is 5.75 Å².